The molecule has 0 aromatic carbocycles. The summed E-state index contributed by atoms with van der Waals surface area (Å²) in [5.41, 5.74) is 0.0392. The van der Waals surface area contributed by atoms with Crippen LogP contribution in [-0.4, -0.2) is 39.4 Å². The van der Waals surface area contributed by atoms with Crippen molar-refractivity contribution in [2.45, 2.75) is 61.7 Å². The molecule has 2 N–H and O–H groups in total. The minimum absolute atomic E-state index is 0.0392. The van der Waals surface area contributed by atoms with Gasteiger partial charge in [0.05, 0.1) is 6.61 Å². The highest BCUT2D eigenvalue weighted by Gasteiger charge is 2.54. The van der Waals surface area contributed by atoms with E-state index in [1.807, 2.05) is 0 Å². The van der Waals surface area contributed by atoms with Gasteiger partial charge in [-0.2, -0.15) is 13.2 Å². The fourth-order valence-electron chi connectivity index (χ4n) is 5.59. The van der Waals surface area contributed by atoms with Crippen molar-refractivity contribution in [3.05, 3.63) is 5.82 Å². The molecule has 0 saturated heterocycles. The minimum atomic E-state index is -4.95. The summed E-state index contributed by atoms with van der Waals surface area (Å²) in [7, 11) is 0. The molecular weight excluding hydrogens is 381 g/mol. The van der Waals surface area contributed by atoms with E-state index in [0.29, 0.717) is 10.9 Å². The van der Waals surface area contributed by atoms with E-state index in [9.17, 15) is 18.0 Å². The topological polar surface area (TPSA) is 83.0 Å². The van der Waals surface area contributed by atoms with Crippen molar-refractivity contribution < 1.29 is 22.7 Å². The SMILES string of the molecule is Nn1c(SCCCOC(=O)C(F)(F)F)nnc1C12CC3CC(CC(C3)C1)C2. The van der Waals surface area contributed by atoms with E-state index in [0.717, 1.165) is 42.8 Å². The van der Waals surface area contributed by atoms with Crippen molar-refractivity contribution in [3.8, 4) is 0 Å². The molecule has 4 aliphatic carbocycles. The molecule has 0 unspecified atom stereocenters. The lowest BCUT2D eigenvalue weighted by molar-refractivity contribution is -0.199. The maximum Gasteiger partial charge on any atom is 0.490 e. The van der Waals surface area contributed by atoms with Crippen molar-refractivity contribution >= 4 is 17.7 Å². The molecule has 0 spiro atoms. The van der Waals surface area contributed by atoms with E-state index in [1.165, 1.54) is 31.0 Å². The first kappa shape index (κ1) is 18.9. The Labute approximate surface area is 159 Å². The molecule has 10 heteroatoms. The van der Waals surface area contributed by atoms with E-state index in [4.69, 9.17) is 5.84 Å². The highest BCUT2D eigenvalue weighted by molar-refractivity contribution is 7.99. The predicted octanol–water partition coefficient (Wildman–Crippen LogP) is 3.05. The molecular formula is C17H23F3N4O2S. The van der Waals surface area contributed by atoms with Gasteiger partial charge in [-0.3, -0.25) is 0 Å². The van der Waals surface area contributed by atoms with E-state index in [2.05, 4.69) is 14.9 Å². The number of hydrogen-bond donors (Lipinski definition) is 1. The van der Waals surface area contributed by atoms with Crippen molar-refractivity contribution in [2.75, 3.05) is 18.2 Å². The first-order chi connectivity index (χ1) is 12.8. The zero-order chi connectivity index (χ0) is 19.2. The van der Waals surface area contributed by atoms with Gasteiger partial charge in [0.25, 0.3) is 0 Å². The molecule has 4 fully saturated rings. The Morgan fingerprint density at radius 1 is 1.19 bits per heavy atom. The molecule has 5 rings (SSSR count). The Morgan fingerprint density at radius 3 is 2.33 bits per heavy atom. The fraction of sp³-hybridized carbons (Fsp3) is 0.824. The zero-order valence-electron chi connectivity index (χ0n) is 14.9. The van der Waals surface area contributed by atoms with Crippen LogP contribution in [0.3, 0.4) is 0 Å². The summed E-state index contributed by atoms with van der Waals surface area (Å²) in [5, 5.41) is 9.16. The summed E-state index contributed by atoms with van der Waals surface area (Å²) in [4.78, 5) is 10.7. The first-order valence-electron chi connectivity index (χ1n) is 9.34. The van der Waals surface area contributed by atoms with Crippen molar-refractivity contribution in [3.63, 3.8) is 0 Å². The summed E-state index contributed by atoms with van der Waals surface area (Å²) in [6.07, 6.45) is 2.72. The smallest absolute Gasteiger partial charge is 0.459 e. The van der Waals surface area contributed by atoms with Gasteiger partial charge in [-0.15, -0.1) is 10.2 Å². The number of nitrogens with two attached hydrogens (primary N) is 1. The molecule has 150 valence electrons. The molecule has 6 nitrogen and oxygen atoms in total. The normalized spacial score (nSPS) is 32.0. The van der Waals surface area contributed by atoms with Crippen LogP contribution in [0.5, 0.6) is 0 Å². The van der Waals surface area contributed by atoms with Crippen molar-refractivity contribution in [2.24, 2.45) is 17.8 Å². The predicted molar refractivity (Wildman–Crippen MR) is 92.4 cm³/mol. The highest BCUT2D eigenvalue weighted by atomic mass is 32.2. The molecule has 0 aliphatic heterocycles. The molecule has 0 atom stereocenters. The summed E-state index contributed by atoms with van der Waals surface area (Å²) >= 11 is 1.32. The van der Waals surface area contributed by atoms with Gasteiger partial charge in [-0.05, 0) is 62.7 Å². The quantitative estimate of drug-likeness (QED) is 0.340. The number of carbonyl (C=O) groups is 1. The Bertz CT molecular complexity index is 686. The second-order valence-electron chi connectivity index (χ2n) is 8.21. The summed E-state index contributed by atoms with van der Waals surface area (Å²) < 4.78 is 42.0. The van der Waals surface area contributed by atoms with Crippen molar-refractivity contribution in [1.82, 2.24) is 14.9 Å². The Hall–Kier alpha value is -1.45. The number of carbonyl (C=O) groups excluding carboxylic acids is 1. The maximum atomic E-state index is 12.1. The maximum absolute atomic E-state index is 12.1. The Kier molecular flexibility index (Phi) is 4.80. The van der Waals surface area contributed by atoms with Gasteiger partial charge in [0.2, 0.25) is 5.16 Å². The van der Waals surface area contributed by atoms with Crippen LogP contribution < -0.4 is 5.84 Å². The lowest BCUT2D eigenvalue weighted by atomic mass is 9.49. The lowest BCUT2D eigenvalue weighted by Crippen LogP contribution is -2.50. The van der Waals surface area contributed by atoms with Crippen LogP contribution in [0.1, 0.15) is 50.8 Å². The fourth-order valence-corrected chi connectivity index (χ4v) is 6.36. The number of esters is 1. The van der Waals surface area contributed by atoms with Crippen LogP contribution in [0.15, 0.2) is 5.16 Å². The third-order valence-corrected chi connectivity index (χ3v) is 7.19. The van der Waals surface area contributed by atoms with Gasteiger partial charge in [0.1, 0.15) is 0 Å². The van der Waals surface area contributed by atoms with Crippen LogP contribution in [0.2, 0.25) is 0 Å². The number of halogens is 3. The van der Waals surface area contributed by atoms with Crippen LogP contribution in [0.25, 0.3) is 0 Å². The molecule has 4 saturated carbocycles. The minimum Gasteiger partial charge on any atom is -0.459 e. The second-order valence-corrected chi connectivity index (χ2v) is 9.27. The van der Waals surface area contributed by atoms with Crippen LogP contribution in [0, 0.1) is 17.8 Å². The molecule has 4 bridgehead atoms. The number of rotatable bonds is 6. The molecule has 1 heterocycles. The summed E-state index contributed by atoms with van der Waals surface area (Å²) in [6, 6.07) is 0. The van der Waals surface area contributed by atoms with Crippen molar-refractivity contribution in [1.29, 1.82) is 0 Å². The Morgan fingerprint density at radius 2 is 1.78 bits per heavy atom. The van der Waals surface area contributed by atoms with Crippen LogP contribution in [0.4, 0.5) is 13.2 Å². The number of nitrogens with zero attached hydrogens (tertiary/aromatic N) is 3. The van der Waals surface area contributed by atoms with Gasteiger partial charge in [0.15, 0.2) is 5.82 Å². The molecule has 0 radical (unpaired) electrons. The number of nitrogen functional groups attached to an aromatic ring is 1. The number of aromatic nitrogens is 3. The Balaban J connectivity index is 1.33. The van der Waals surface area contributed by atoms with Crippen LogP contribution in [-0.2, 0) is 14.9 Å². The monoisotopic (exact) mass is 404 g/mol. The number of thioether (sulfide) groups is 1. The largest absolute Gasteiger partial charge is 0.490 e. The van der Waals surface area contributed by atoms with Gasteiger partial charge < -0.3 is 10.6 Å². The van der Waals surface area contributed by atoms with Gasteiger partial charge in [-0.25, -0.2) is 9.47 Å². The van der Waals surface area contributed by atoms with E-state index < -0.39 is 12.1 Å². The molecule has 1 aromatic rings. The lowest BCUT2D eigenvalue weighted by Gasteiger charge is -2.55. The average molecular weight is 404 g/mol. The summed E-state index contributed by atoms with van der Waals surface area (Å²) in [5.74, 6) is 7.74. The van der Waals surface area contributed by atoms with E-state index in [1.54, 1.807) is 4.68 Å². The standard InChI is InChI=1S/C17H23F3N4O2S/c18-17(19,20)14(25)26-2-1-3-27-15-23-22-13(24(15)21)16-7-10-4-11(8-16)6-12(5-10)9-16/h10-12H,1-9,21H2. The third kappa shape index (κ3) is 3.64. The van der Waals surface area contributed by atoms with Gasteiger partial charge in [0, 0.05) is 11.2 Å². The highest BCUT2D eigenvalue weighted by Crippen LogP contribution is 2.60. The molecule has 0 amide bonds. The third-order valence-electron chi connectivity index (χ3n) is 6.16. The number of hydrogen-bond acceptors (Lipinski definition) is 6. The van der Waals surface area contributed by atoms with E-state index in [-0.39, 0.29) is 18.4 Å². The molecule has 4 aliphatic rings. The molecule has 1 aromatic heterocycles. The number of ether oxygens (including phenoxy) is 1. The van der Waals surface area contributed by atoms with Crippen LogP contribution >= 0.6 is 11.8 Å². The first-order valence-corrected chi connectivity index (χ1v) is 10.3. The number of alkyl halides is 3. The van der Waals surface area contributed by atoms with E-state index >= 15 is 0 Å². The zero-order valence-corrected chi connectivity index (χ0v) is 15.7. The van der Waals surface area contributed by atoms with Gasteiger partial charge >= 0.3 is 12.1 Å². The second kappa shape index (κ2) is 6.86. The molecule has 27 heavy (non-hydrogen) atoms. The summed E-state index contributed by atoms with van der Waals surface area (Å²) in [6.45, 7) is -0.286. The van der Waals surface area contributed by atoms with Gasteiger partial charge in [-0.1, -0.05) is 11.8 Å². The average Bonchev–Trinajstić information content (AvgIpc) is 2.94.